The predicted molar refractivity (Wildman–Crippen MR) is 78.8 cm³/mol. The van der Waals surface area contributed by atoms with Gasteiger partial charge in [0, 0.05) is 13.7 Å². The smallest absolute Gasteiger partial charge is 0.161 e. The molecule has 0 saturated heterocycles. The summed E-state index contributed by atoms with van der Waals surface area (Å²) in [5.41, 5.74) is 7.46. The number of aryl methyl sites for hydroxylation is 1. The summed E-state index contributed by atoms with van der Waals surface area (Å²) >= 11 is 0. The average molecular weight is 281 g/mol. The van der Waals surface area contributed by atoms with Crippen LogP contribution in [0.1, 0.15) is 50.8 Å². The number of nitrogens with two attached hydrogens (primary N) is 1. The predicted octanol–water partition coefficient (Wildman–Crippen LogP) is 2.51. The molecule has 2 N–H and O–H groups in total. The van der Waals surface area contributed by atoms with E-state index in [2.05, 4.69) is 12.0 Å². The van der Waals surface area contributed by atoms with Gasteiger partial charge in [0.05, 0.1) is 31.1 Å². The highest BCUT2D eigenvalue weighted by atomic mass is 16.5. The van der Waals surface area contributed by atoms with Crippen LogP contribution in [-0.4, -0.2) is 30.1 Å². The molecule has 20 heavy (non-hydrogen) atoms. The molecule has 1 aromatic rings. The number of ether oxygens (including phenoxy) is 2. The van der Waals surface area contributed by atoms with Crippen LogP contribution in [-0.2, 0) is 11.3 Å². The van der Waals surface area contributed by atoms with E-state index in [1.165, 1.54) is 32.1 Å². The van der Waals surface area contributed by atoms with Crippen LogP contribution < -0.4 is 10.5 Å². The Morgan fingerprint density at radius 2 is 2.05 bits per heavy atom. The van der Waals surface area contributed by atoms with Crippen LogP contribution in [0.4, 0.5) is 0 Å². The Morgan fingerprint density at radius 1 is 1.35 bits per heavy atom. The van der Waals surface area contributed by atoms with E-state index in [1.54, 1.807) is 20.4 Å². The summed E-state index contributed by atoms with van der Waals surface area (Å²) in [6.07, 6.45) is 8.07. The molecule has 0 spiro atoms. The number of rotatable bonds is 6. The lowest BCUT2D eigenvalue weighted by Crippen LogP contribution is -2.37. The maximum Gasteiger partial charge on any atom is 0.161 e. The van der Waals surface area contributed by atoms with E-state index in [-0.39, 0.29) is 12.1 Å². The maximum absolute atomic E-state index is 6.51. The van der Waals surface area contributed by atoms with Gasteiger partial charge in [-0.1, -0.05) is 19.3 Å². The molecule has 2 rings (SSSR count). The molecule has 1 fully saturated rings. The summed E-state index contributed by atoms with van der Waals surface area (Å²) in [7, 11) is 3.42. The van der Waals surface area contributed by atoms with Gasteiger partial charge < -0.3 is 15.2 Å². The Kier molecular flexibility index (Phi) is 5.43. The van der Waals surface area contributed by atoms with Gasteiger partial charge in [0.25, 0.3) is 0 Å². The molecule has 0 radical (unpaired) electrons. The fourth-order valence-electron chi connectivity index (χ4n) is 3.37. The molecule has 0 bridgehead atoms. The molecular formula is C15H27N3O2. The fourth-order valence-corrected chi connectivity index (χ4v) is 3.37. The van der Waals surface area contributed by atoms with Crippen molar-refractivity contribution in [2.75, 3.05) is 14.2 Å². The van der Waals surface area contributed by atoms with Gasteiger partial charge in [-0.2, -0.15) is 5.10 Å². The molecule has 1 aliphatic rings. The molecule has 0 aliphatic heterocycles. The number of hydrogen-bond acceptors (Lipinski definition) is 4. The second-order valence-corrected chi connectivity index (χ2v) is 5.54. The molecule has 2 atom stereocenters. The third-order valence-corrected chi connectivity index (χ3v) is 4.42. The molecule has 1 heterocycles. The van der Waals surface area contributed by atoms with Gasteiger partial charge in [0.1, 0.15) is 0 Å². The first kappa shape index (κ1) is 15.3. The summed E-state index contributed by atoms with van der Waals surface area (Å²) in [5, 5.41) is 4.34. The van der Waals surface area contributed by atoms with Crippen molar-refractivity contribution in [1.29, 1.82) is 0 Å². The molecule has 5 nitrogen and oxygen atoms in total. The van der Waals surface area contributed by atoms with Crippen LogP contribution in [0.15, 0.2) is 6.20 Å². The Bertz CT molecular complexity index is 392. The summed E-state index contributed by atoms with van der Waals surface area (Å²) in [4.78, 5) is 0. The first-order valence-electron chi connectivity index (χ1n) is 7.61. The molecule has 0 aromatic carbocycles. The highest BCUT2D eigenvalue weighted by Crippen LogP contribution is 2.35. The lowest BCUT2D eigenvalue weighted by molar-refractivity contribution is 0.0148. The topological polar surface area (TPSA) is 62.3 Å². The van der Waals surface area contributed by atoms with E-state index < -0.39 is 0 Å². The zero-order chi connectivity index (χ0) is 14.5. The number of methoxy groups -OCH3 is 2. The van der Waals surface area contributed by atoms with Gasteiger partial charge in [-0.3, -0.25) is 4.68 Å². The number of hydrogen-bond donors (Lipinski definition) is 1. The Morgan fingerprint density at radius 3 is 2.60 bits per heavy atom. The van der Waals surface area contributed by atoms with Crippen LogP contribution in [0.3, 0.4) is 0 Å². The van der Waals surface area contributed by atoms with E-state index in [1.807, 2.05) is 4.68 Å². The van der Waals surface area contributed by atoms with Crippen LogP contribution >= 0.6 is 0 Å². The second kappa shape index (κ2) is 7.09. The van der Waals surface area contributed by atoms with E-state index in [9.17, 15) is 0 Å². The maximum atomic E-state index is 6.51. The van der Waals surface area contributed by atoms with Gasteiger partial charge in [0.2, 0.25) is 0 Å². The minimum atomic E-state index is -0.194. The fraction of sp³-hybridized carbons (Fsp3) is 0.800. The standard InChI is InChI=1S/C15H27N3O2/c1-4-18-14(12(19-2)10-17-18)13(16)15(20-3)11-8-6-5-7-9-11/h10-11,13,15H,4-9,16H2,1-3H3. The molecule has 1 aromatic heterocycles. The minimum absolute atomic E-state index is 0.0335. The monoisotopic (exact) mass is 281 g/mol. The quantitative estimate of drug-likeness (QED) is 0.870. The van der Waals surface area contributed by atoms with Gasteiger partial charge in [-0.25, -0.2) is 0 Å². The summed E-state index contributed by atoms with van der Waals surface area (Å²) in [5.74, 6) is 1.30. The largest absolute Gasteiger partial charge is 0.493 e. The van der Waals surface area contributed by atoms with Crippen molar-refractivity contribution >= 4 is 0 Å². The Hall–Kier alpha value is -1.07. The van der Waals surface area contributed by atoms with Crippen LogP contribution in [0.5, 0.6) is 5.75 Å². The number of aromatic nitrogens is 2. The highest BCUT2D eigenvalue weighted by Gasteiger charge is 2.33. The van der Waals surface area contributed by atoms with Crippen molar-refractivity contribution in [3.63, 3.8) is 0 Å². The lowest BCUT2D eigenvalue weighted by atomic mass is 9.82. The highest BCUT2D eigenvalue weighted by molar-refractivity contribution is 5.29. The molecule has 0 amide bonds. The third-order valence-electron chi connectivity index (χ3n) is 4.42. The van der Waals surface area contributed by atoms with Crippen LogP contribution in [0, 0.1) is 5.92 Å². The molecule has 1 aliphatic carbocycles. The Labute approximate surface area is 121 Å². The minimum Gasteiger partial charge on any atom is -0.493 e. The first-order valence-corrected chi connectivity index (χ1v) is 7.61. The van der Waals surface area contributed by atoms with E-state index in [4.69, 9.17) is 15.2 Å². The van der Waals surface area contributed by atoms with Gasteiger partial charge in [-0.15, -0.1) is 0 Å². The summed E-state index contributed by atoms with van der Waals surface area (Å²) in [6.45, 7) is 2.85. The molecule has 114 valence electrons. The second-order valence-electron chi connectivity index (χ2n) is 5.54. The zero-order valence-corrected chi connectivity index (χ0v) is 12.8. The van der Waals surface area contributed by atoms with E-state index >= 15 is 0 Å². The van der Waals surface area contributed by atoms with Crippen molar-refractivity contribution in [3.8, 4) is 5.75 Å². The molecular weight excluding hydrogens is 254 g/mol. The van der Waals surface area contributed by atoms with Crippen LogP contribution in [0.25, 0.3) is 0 Å². The van der Waals surface area contributed by atoms with Gasteiger partial charge in [0.15, 0.2) is 5.75 Å². The average Bonchev–Trinajstić information content (AvgIpc) is 2.92. The Balaban J connectivity index is 2.22. The SMILES string of the molecule is CCn1ncc(OC)c1C(N)C(OC)C1CCCCC1. The zero-order valence-electron chi connectivity index (χ0n) is 12.8. The lowest BCUT2D eigenvalue weighted by Gasteiger charge is -2.33. The number of nitrogens with zero attached hydrogens (tertiary/aromatic N) is 2. The first-order chi connectivity index (χ1) is 9.72. The van der Waals surface area contributed by atoms with Crippen LogP contribution in [0.2, 0.25) is 0 Å². The van der Waals surface area contributed by atoms with Gasteiger partial charge in [-0.05, 0) is 25.7 Å². The van der Waals surface area contributed by atoms with E-state index in [0.29, 0.717) is 5.92 Å². The normalized spacial score (nSPS) is 19.8. The molecule has 1 saturated carbocycles. The van der Waals surface area contributed by atoms with Crippen molar-refractivity contribution < 1.29 is 9.47 Å². The summed E-state index contributed by atoms with van der Waals surface area (Å²) < 4.78 is 13.1. The molecule has 2 unspecified atom stereocenters. The third kappa shape index (κ3) is 2.99. The summed E-state index contributed by atoms with van der Waals surface area (Å²) in [6, 6.07) is -0.194. The van der Waals surface area contributed by atoms with Crippen molar-refractivity contribution in [3.05, 3.63) is 11.9 Å². The van der Waals surface area contributed by atoms with Gasteiger partial charge >= 0.3 is 0 Å². The molecule has 5 heteroatoms. The van der Waals surface area contributed by atoms with Crippen molar-refractivity contribution in [1.82, 2.24) is 9.78 Å². The van der Waals surface area contributed by atoms with E-state index in [0.717, 1.165) is 18.0 Å². The van der Waals surface area contributed by atoms with Crippen molar-refractivity contribution in [2.24, 2.45) is 11.7 Å². The van der Waals surface area contributed by atoms with Crippen molar-refractivity contribution in [2.45, 2.75) is 57.7 Å².